The molecule has 1 fully saturated rings. The van der Waals surface area contributed by atoms with Gasteiger partial charge in [-0.15, -0.1) is 0 Å². The zero-order chi connectivity index (χ0) is 12.1. The molecule has 90 valence electrons. The molecule has 0 spiro atoms. The number of hydrogen-bond donors (Lipinski definition) is 2. The molecule has 0 bridgehead atoms. The molecule has 1 unspecified atom stereocenters. The van der Waals surface area contributed by atoms with Gasteiger partial charge in [-0.1, -0.05) is 11.6 Å². The van der Waals surface area contributed by atoms with Gasteiger partial charge >= 0.3 is 0 Å². The van der Waals surface area contributed by atoms with Gasteiger partial charge < -0.3 is 10.6 Å². The lowest BCUT2D eigenvalue weighted by atomic mass is 9.99. The highest BCUT2D eigenvalue weighted by atomic mass is 35.5. The third kappa shape index (κ3) is 3.36. The normalized spacial score (nSPS) is 19.6. The van der Waals surface area contributed by atoms with E-state index in [1.54, 1.807) is 18.2 Å². The van der Waals surface area contributed by atoms with Gasteiger partial charge in [0.05, 0.1) is 22.3 Å². The lowest BCUT2D eigenvalue weighted by Crippen LogP contribution is -2.33. The van der Waals surface area contributed by atoms with Crippen molar-refractivity contribution in [1.29, 1.82) is 5.26 Å². The first-order chi connectivity index (χ1) is 8.29. The van der Waals surface area contributed by atoms with Crippen molar-refractivity contribution in [3.63, 3.8) is 0 Å². The van der Waals surface area contributed by atoms with E-state index in [0.717, 1.165) is 25.3 Å². The fourth-order valence-electron chi connectivity index (χ4n) is 2.08. The van der Waals surface area contributed by atoms with E-state index in [9.17, 15) is 0 Å². The van der Waals surface area contributed by atoms with Crippen LogP contribution in [0.1, 0.15) is 18.4 Å². The number of nitrogens with one attached hydrogen (secondary N) is 2. The second-order valence-electron chi connectivity index (χ2n) is 4.40. The number of nitriles is 1. The highest BCUT2D eigenvalue weighted by Gasteiger charge is 2.13. The summed E-state index contributed by atoms with van der Waals surface area (Å²) in [5, 5.41) is 16.2. The number of nitrogens with zero attached hydrogens (tertiary/aromatic N) is 1. The Balaban J connectivity index is 1.95. The topological polar surface area (TPSA) is 47.9 Å². The van der Waals surface area contributed by atoms with Crippen molar-refractivity contribution >= 4 is 17.3 Å². The molecule has 1 atom stereocenters. The zero-order valence-corrected chi connectivity index (χ0v) is 10.4. The Labute approximate surface area is 107 Å². The summed E-state index contributed by atoms with van der Waals surface area (Å²) < 4.78 is 0. The van der Waals surface area contributed by atoms with Crippen LogP contribution in [0.3, 0.4) is 0 Å². The largest absolute Gasteiger partial charge is 0.383 e. The summed E-state index contributed by atoms with van der Waals surface area (Å²) >= 11 is 6.08. The van der Waals surface area contributed by atoms with Gasteiger partial charge in [-0.2, -0.15) is 5.26 Å². The van der Waals surface area contributed by atoms with Crippen LogP contribution >= 0.6 is 11.6 Å². The van der Waals surface area contributed by atoms with Crippen molar-refractivity contribution in [2.24, 2.45) is 5.92 Å². The van der Waals surface area contributed by atoms with Crippen LogP contribution < -0.4 is 10.6 Å². The molecular formula is C13H16ClN3. The molecule has 1 aliphatic rings. The third-order valence-corrected chi connectivity index (χ3v) is 3.41. The van der Waals surface area contributed by atoms with Gasteiger partial charge in [0.1, 0.15) is 0 Å². The fraction of sp³-hybridized carbons (Fsp3) is 0.462. The van der Waals surface area contributed by atoms with Crippen molar-refractivity contribution in [3.05, 3.63) is 28.8 Å². The highest BCUT2D eigenvalue weighted by molar-refractivity contribution is 6.33. The van der Waals surface area contributed by atoms with Crippen molar-refractivity contribution in [2.45, 2.75) is 12.8 Å². The predicted molar refractivity (Wildman–Crippen MR) is 70.3 cm³/mol. The molecule has 0 radical (unpaired) electrons. The Hall–Kier alpha value is -1.24. The average molecular weight is 250 g/mol. The Morgan fingerprint density at radius 3 is 3.12 bits per heavy atom. The number of halogens is 1. The second kappa shape index (κ2) is 5.90. The van der Waals surface area contributed by atoms with Gasteiger partial charge in [0, 0.05) is 6.54 Å². The van der Waals surface area contributed by atoms with E-state index in [1.165, 1.54) is 12.8 Å². The van der Waals surface area contributed by atoms with Gasteiger partial charge in [0.25, 0.3) is 0 Å². The number of piperidine rings is 1. The van der Waals surface area contributed by atoms with Crippen LogP contribution in [0.5, 0.6) is 0 Å². The minimum absolute atomic E-state index is 0.638. The van der Waals surface area contributed by atoms with Crippen molar-refractivity contribution in [1.82, 2.24) is 5.32 Å². The van der Waals surface area contributed by atoms with Crippen molar-refractivity contribution in [3.8, 4) is 6.07 Å². The summed E-state index contributed by atoms with van der Waals surface area (Å²) in [5.41, 5.74) is 1.50. The molecule has 2 N–H and O–H groups in total. The standard InChI is InChI=1S/C13H16ClN3/c14-12-4-3-10(7-15)6-13(12)17-9-11-2-1-5-16-8-11/h3-4,6,11,16-17H,1-2,5,8-9H2. The van der Waals surface area contributed by atoms with E-state index in [4.69, 9.17) is 16.9 Å². The average Bonchev–Trinajstić information content (AvgIpc) is 2.39. The maximum absolute atomic E-state index is 8.84. The van der Waals surface area contributed by atoms with Gasteiger partial charge in [-0.05, 0) is 50.0 Å². The quantitative estimate of drug-likeness (QED) is 0.866. The summed E-state index contributed by atoms with van der Waals surface area (Å²) in [6.07, 6.45) is 2.48. The number of hydrogen-bond acceptors (Lipinski definition) is 3. The maximum atomic E-state index is 8.84. The van der Waals surface area contributed by atoms with Gasteiger partial charge in [-0.3, -0.25) is 0 Å². The second-order valence-corrected chi connectivity index (χ2v) is 4.81. The Morgan fingerprint density at radius 2 is 2.41 bits per heavy atom. The minimum Gasteiger partial charge on any atom is -0.383 e. The number of anilines is 1. The third-order valence-electron chi connectivity index (χ3n) is 3.08. The lowest BCUT2D eigenvalue weighted by molar-refractivity contribution is 0.393. The zero-order valence-electron chi connectivity index (χ0n) is 9.67. The molecule has 1 aromatic rings. The smallest absolute Gasteiger partial charge is 0.0992 e. The van der Waals surface area contributed by atoms with Crippen LogP contribution in [0, 0.1) is 17.2 Å². The first kappa shape index (κ1) is 12.2. The summed E-state index contributed by atoms with van der Waals surface area (Å²) in [7, 11) is 0. The monoisotopic (exact) mass is 249 g/mol. The van der Waals surface area contributed by atoms with Crippen LogP contribution in [-0.4, -0.2) is 19.6 Å². The van der Waals surface area contributed by atoms with Crippen LogP contribution in [0.4, 0.5) is 5.69 Å². The van der Waals surface area contributed by atoms with E-state index in [0.29, 0.717) is 16.5 Å². The Bertz CT molecular complexity index is 419. The molecule has 3 nitrogen and oxygen atoms in total. The van der Waals surface area contributed by atoms with Crippen LogP contribution in [-0.2, 0) is 0 Å². The van der Waals surface area contributed by atoms with E-state index >= 15 is 0 Å². The Kier molecular flexibility index (Phi) is 4.24. The summed E-state index contributed by atoms with van der Waals surface area (Å²) in [5.74, 6) is 0.644. The Morgan fingerprint density at radius 1 is 1.53 bits per heavy atom. The van der Waals surface area contributed by atoms with E-state index in [1.807, 2.05) is 0 Å². The highest BCUT2D eigenvalue weighted by Crippen LogP contribution is 2.23. The minimum atomic E-state index is 0.638. The van der Waals surface area contributed by atoms with E-state index < -0.39 is 0 Å². The summed E-state index contributed by atoms with van der Waals surface area (Å²) in [6, 6.07) is 7.42. The predicted octanol–water partition coefficient (Wildman–Crippen LogP) is 2.62. The molecule has 1 saturated heterocycles. The number of benzene rings is 1. The van der Waals surface area contributed by atoms with Crippen molar-refractivity contribution < 1.29 is 0 Å². The molecule has 17 heavy (non-hydrogen) atoms. The van der Waals surface area contributed by atoms with Crippen LogP contribution in [0.15, 0.2) is 18.2 Å². The first-order valence-corrected chi connectivity index (χ1v) is 6.31. The lowest BCUT2D eigenvalue weighted by Gasteiger charge is -2.23. The SMILES string of the molecule is N#Cc1ccc(Cl)c(NCC2CCCNC2)c1. The first-order valence-electron chi connectivity index (χ1n) is 5.94. The molecule has 1 aliphatic heterocycles. The van der Waals surface area contributed by atoms with Gasteiger partial charge in [-0.25, -0.2) is 0 Å². The van der Waals surface area contributed by atoms with Crippen LogP contribution in [0.25, 0.3) is 0 Å². The van der Waals surface area contributed by atoms with Gasteiger partial charge in [0.15, 0.2) is 0 Å². The maximum Gasteiger partial charge on any atom is 0.0992 e. The van der Waals surface area contributed by atoms with Crippen molar-refractivity contribution in [2.75, 3.05) is 25.0 Å². The molecule has 1 heterocycles. The molecule has 2 rings (SSSR count). The summed E-state index contributed by atoms with van der Waals surface area (Å²) in [6.45, 7) is 3.09. The number of rotatable bonds is 3. The van der Waals surface area contributed by atoms with Crippen LogP contribution in [0.2, 0.25) is 5.02 Å². The molecule has 0 saturated carbocycles. The van der Waals surface area contributed by atoms with Gasteiger partial charge in [0.2, 0.25) is 0 Å². The molecule has 4 heteroatoms. The molecule has 0 amide bonds. The summed E-state index contributed by atoms with van der Waals surface area (Å²) in [4.78, 5) is 0. The van der Waals surface area contributed by atoms with E-state index in [-0.39, 0.29) is 0 Å². The molecule has 0 aromatic heterocycles. The fourth-order valence-corrected chi connectivity index (χ4v) is 2.27. The molecule has 1 aromatic carbocycles. The molecule has 0 aliphatic carbocycles. The molecular weight excluding hydrogens is 234 g/mol. The van der Waals surface area contributed by atoms with E-state index in [2.05, 4.69) is 16.7 Å².